The zero-order valence-corrected chi connectivity index (χ0v) is 23.5. The minimum atomic E-state index is -2.50. The van der Waals surface area contributed by atoms with E-state index in [-0.39, 0.29) is 45.1 Å². The van der Waals surface area contributed by atoms with Crippen LogP contribution in [0.2, 0.25) is 0 Å². The van der Waals surface area contributed by atoms with Gasteiger partial charge in [0.2, 0.25) is 17.0 Å². The summed E-state index contributed by atoms with van der Waals surface area (Å²) in [6.45, 7) is 2.70. The Hall–Kier alpha value is -6.44. The Morgan fingerprint density at radius 3 is 2.02 bits per heavy atom. The third-order valence-electron chi connectivity index (χ3n) is 8.76. The Kier molecular flexibility index (Phi) is 4.82. The summed E-state index contributed by atoms with van der Waals surface area (Å²) >= 11 is 0. The topological polar surface area (TPSA) is 237 Å². The van der Waals surface area contributed by atoms with Gasteiger partial charge < -0.3 is 59.5 Å². The van der Waals surface area contributed by atoms with E-state index >= 15 is 0 Å². The molecule has 5 aromatic rings. The first-order valence-electron chi connectivity index (χ1n) is 13.6. The van der Waals surface area contributed by atoms with E-state index in [2.05, 4.69) is 0 Å². The van der Waals surface area contributed by atoms with Crippen LogP contribution in [-0.2, 0) is 11.4 Å². The predicted molar refractivity (Wildman–Crippen MR) is 153 cm³/mol. The molecule has 3 aliphatic rings. The van der Waals surface area contributed by atoms with Gasteiger partial charge in [-0.2, -0.15) is 0 Å². The fraction of sp³-hybridized carbons (Fsp3) is 0.125. The van der Waals surface area contributed by atoms with Gasteiger partial charge in [-0.15, -0.1) is 0 Å². The van der Waals surface area contributed by atoms with Gasteiger partial charge in [-0.05, 0) is 38.1 Å². The molecule has 3 aliphatic heterocycles. The molecule has 4 aromatic carbocycles. The van der Waals surface area contributed by atoms with E-state index in [1.165, 1.54) is 19.9 Å². The molecule has 14 nitrogen and oxygen atoms in total. The number of fused-ring (bicyclic) bond motifs is 5. The summed E-state index contributed by atoms with van der Waals surface area (Å²) in [5.74, 6) is -10.0. The summed E-state index contributed by atoms with van der Waals surface area (Å²) in [4.78, 5) is 28.4. The van der Waals surface area contributed by atoms with Crippen molar-refractivity contribution in [3.63, 3.8) is 0 Å². The number of ketones is 1. The molecule has 0 aliphatic carbocycles. The molecule has 46 heavy (non-hydrogen) atoms. The summed E-state index contributed by atoms with van der Waals surface area (Å²) in [6.07, 6.45) is 0. The summed E-state index contributed by atoms with van der Waals surface area (Å²) in [6, 6.07) is 6.36. The molecule has 232 valence electrons. The van der Waals surface area contributed by atoms with Gasteiger partial charge in [-0.1, -0.05) is 0 Å². The largest absolute Gasteiger partial charge is 0.507 e. The second-order valence-electron chi connectivity index (χ2n) is 11.2. The van der Waals surface area contributed by atoms with Crippen molar-refractivity contribution in [1.29, 1.82) is 0 Å². The molecule has 8 rings (SSSR count). The molecule has 0 spiro atoms. The van der Waals surface area contributed by atoms with E-state index in [1.807, 2.05) is 0 Å². The van der Waals surface area contributed by atoms with E-state index in [4.69, 9.17) is 18.6 Å². The highest BCUT2D eigenvalue weighted by molar-refractivity contribution is 6.12. The Balaban J connectivity index is 1.54. The van der Waals surface area contributed by atoms with Crippen molar-refractivity contribution in [3.8, 4) is 74.6 Å². The third-order valence-corrected chi connectivity index (χ3v) is 8.76. The molecule has 8 N–H and O–H groups in total. The number of aromatic hydroxyl groups is 8. The third kappa shape index (κ3) is 2.86. The molecular formula is C32H20O14. The molecule has 0 saturated carbocycles. The molecule has 14 heteroatoms. The van der Waals surface area contributed by atoms with Crippen molar-refractivity contribution in [2.45, 2.75) is 25.2 Å². The minimum absolute atomic E-state index is 0.0645. The van der Waals surface area contributed by atoms with E-state index in [1.54, 1.807) is 0 Å². The number of Topliss-reactive ketones (excluding diaryl/α,β-unsaturated/α-hetero) is 1. The Morgan fingerprint density at radius 1 is 0.652 bits per heavy atom. The highest BCUT2D eigenvalue weighted by atomic mass is 16.7. The molecule has 0 fully saturated rings. The molecule has 0 unspecified atom stereocenters. The monoisotopic (exact) mass is 628 g/mol. The molecule has 1 aromatic heterocycles. The van der Waals surface area contributed by atoms with Crippen LogP contribution in [0.25, 0.3) is 22.3 Å². The Bertz CT molecular complexity index is 2360. The number of phenolic OH excluding ortho intramolecular Hbond substituents is 7. The van der Waals surface area contributed by atoms with Crippen molar-refractivity contribution in [3.05, 3.63) is 74.4 Å². The quantitative estimate of drug-likeness (QED) is 0.123. The van der Waals surface area contributed by atoms with Crippen LogP contribution in [-0.4, -0.2) is 46.6 Å². The highest BCUT2D eigenvalue weighted by Gasteiger charge is 2.79. The maximum absolute atomic E-state index is 14.7. The molecular weight excluding hydrogens is 608 g/mol. The van der Waals surface area contributed by atoms with Crippen LogP contribution in [0.5, 0.6) is 63.2 Å². The lowest BCUT2D eigenvalue weighted by Crippen LogP contribution is -2.59. The van der Waals surface area contributed by atoms with Crippen LogP contribution >= 0.6 is 0 Å². The van der Waals surface area contributed by atoms with Crippen molar-refractivity contribution < 1.29 is 64.3 Å². The predicted octanol–water partition coefficient (Wildman–Crippen LogP) is 3.83. The summed E-state index contributed by atoms with van der Waals surface area (Å²) in [7, 11) is 0. The lowest BCUT2D eigenvalue weighted by molar-refractivity contribution is -0.187. The van der Waals surface area contributed by atoms with Gasteiger partial charge in [0.15, 0.2) is 34.3 Å². The van der Waals surface area contributed by atoms with Gasteiger partial charge >= 0.3 is 5.79 Å². The van der Waals surface area contributed by atoms with Crippen LogP contribution in [0.4, 0.5) is 0 Å². The smallest absolute Gasteiger partial charge is 0.338 e. The lowest BCUT2D eigenvalue weighted by atomic mass is 9.76. The fourth-order valence-electron chi connectivity index (χ4n) is 6.44. The average Bonchev–Trinajstić information content (AvgIpc) is 3.45. The van der Waals surface area contributed by atoms with Crippen molar-refractivity contribution in [1.82, 2.24) is 0 Å². The van der Waals surface area contributed by atoms with Gasteiger partial charge in [0.05, 0.1) is 5.56 Å². The molecule has 0 radical (unpaired) electrons. The van der Waals surface area contributed by atoms with Gasteiger partial charge in [-0.25, -0.2) is 0 Å². The number of rotatable bonds is 1. The molecule has 4 heterocycles. The van der Waals surface area contributed by atoms with Crippen LogP contribution in [0.3, 0.4) is 0 Å². The molecule has 0 saturated heterocycles. The van der Waals surface area contributed by atoms with Gasteiger partial charge in [0.1, 0.15) is 51.0 Å². The first-order valence-corrected chi connectivity index (χ1v) is 13.6. The second-order valence-corrected chi connectivity index (χ2v) is 11.2. The average molecular weight is 628 g/mol. The van der Waals surface area contributed by atoms with Crippen LogP contribution in [0, 0.1) is 13.8 Å². The number of hydrogen-bond acceptors (Lipinski definition) is 14. The highest BCUT2D eigenvalue weighted by Crippen LogP contribution is 2.69. The normalized spacial score (nSPS) is 20.2. The fourth-order valence-corrected chi connectivity index (χ4v) is 6.44. The Labute approximate surface area is 255 Å². The number of phenols is 7. The first-order chi connectivity index (χ1) is 21.7. The second kappa shape index (κ2) is 8.18. The van der Waals surface area contributed by atoms with Gasteiger partial charge in [0, 0.05) is 28.8 Å². The summed E-state index contributed by atoms with van der Waals surface area (Å²) < 4.78 is 25.1. The van der Waals surface area contributed by atoms with Crippen molar-refractivity contribution >= 4 is 16.8 Å². The van der Waals surface area contributed by atoms with E-state index < -0.39 is 90.9 Å². The number of hydrogen-bond donors (Lipinski definition) is 8. The minimum Gasteiger partial charge on any atom is -0.507 e. The van der Waals surface area contributed by atoms with Crippen molar-refractivity contribution in [2.24, 2.45) is 0 Å². The molecule has 0 amide bonds. The number of carbonyl (C=O) groups is 1. The van der Waals surface area contributed by atoms with Crippen molar-refractivity contribution in [2.75, 3.05) is 0 Å². The zero-order chi connectivity index (χ0) is 32.8. The summed E-state index contributed by atoms with van der Waals surface area (Å²) in [5.41, 5.74) is -5.23. The van der Waals surface area contributed by atoms with Gasteiger partial charge in [0.25, 0.3) is 5.60 Å². The molecule has 2 atom stereocenters. The van der Waals surface area contributed by atoms with Crippen LogP contribution < -0.4 is 19.6 Å². The van der Waals surface area contributed by atoms with E-state index in [0.717, 1.165) is 30.3 Å². The summed E-state index contributed by atoms with van der Waals surface area (Å²) in [5, 5.41) is 83.9. The lowest BCUT2D eigenvalue weighted by Gasteiger charge is -2.40. The van der Waals surface area contributed by atoms with E-state index in [0.29, 0.717) is 0 Å². The zero-order valence-electron chi connectivity index (χ0n) is 23.5. The Morgan fingerprint density at radius 2 is 1.30 bits per heavy atom. The number of carbonyl (C=O) groups excluding carboxylic acids is 1. The maximum Gasteiger partial charge on any atom is 0.338 e. The first kappa shape index (κ1) is 27.1. The number of benzene rings is 4. The van der Waals surface area contributed by atoms with Crippen LogP contribution in [0.1, 0.15) is 32.6 Å². The molecule has 0 bridgehead atoms. The van der Waals surface area contributed by atoms with Gasteiger partial charge in [-0.3, -0.25) is 9.59 Å². The maximum atomic E-state index is 14.7. The van der Waals surface area contributed by atoms with E-state index in [9.17, 15) is 50.4 Å². The standard InChI is InChI=1S/C32H20O14/c1-9-14(34)7-19-20(23(9)38)30(42)31-12-6-16(36)17(37)8-18(12)44-32(31,45-19)22-27(46-31)10(2)24(39)21-25(40)26(41)28(43-29(21)22)11-3-4-13(33)15(35)5-11/h3-8,33-39,41H,1-2H3/t31-,32-/m0/s1. The SMILES string of the molecule is Cc1c(O)cc2c(c1O)C(=O)[C@]13Oc4c(C)c(O)c5c(=O)c(O)c(-c6ccc(O)c(O)c6)oc5c4[C@]1(Oc1cc(O)c(O)cc13)O2. The van der Waals surface area contributed by atoms with Crippen LogP contribution in [0.15, 0.2) is 45.6 Å². The number of ether oxygens (including phenoxy) is 3.